The van der Waals surface area contributed by atoms with Gasteiger partial charge < -0.3 is 15.4 Å². The molecule has 0 saturated heterocycles. The fourth-order valence-corrected chi connectivity index (χ4v) is 2.69. The monoisotopic (exact) mass is 375 g/mol. The van der Waals surface area contributed by atoms with Crippen molar-refractivity contribution in [1.29, 1.82) is 0 Å². The second-order valence-electron chi connectivity index (χ2n) is 6.89. The molecule has 0 aliphatic rings. The predicted molar refractivity (Wildman–Crippen MR) is 113 cm³/mol. The number of aryl methyl sites for hydroxylation is 1. The van der Waals surface area contributed by atoms with Gasteiger partial charge in [0.05, 0.1) is 11.8 Å². The molecule has 28 heavy (non-hydrogen) atoms. The summed E-state index contributed by atoms with van der Waals surface area (Å²) >= 11 is 0. The zero-order valence-electron chi connectivity index (χ0n) is 16.4. The highest BCUT2D eigenvalue weighted by Crippen LogP contribution is 2.25. The van der Waals surface area contributed by atoms with E-state index in [1.807, 2.05) is 38.1 Å². The molecule has 1 amide bonds. The third-order valence-electron chi connectivity index (χ3n) is 4.11. The Morgan fingerprint density at radius 3 is 2.57 bits per heavy atom. The summed E-state index contributed by atoms with van der Waals surface area (Å²) in [5.74, 6) is 1.10. The van der Waals surface area contributed by atoms with E-state index in [9.17, 15) is 4.79 Å². The van der Waals surface area contributed by atoms with E-state index >= 15 is 0 Å². The number of hydrogen-bond donors (Lipinski definition) is 2. The molecule has 0 fully saturated rings. The fourth-order valence-electron chi connectivity index (χ4n) is 2.69. The maximum absolute atomic E-state index is 12.7. The van der Waals surface area contributed by atoms with Crippen molar-refractivity contribution in [2.75, 3.05) is 10.6 Å². The van der Waals surface area contributed by atoms with E-state index < -0.39 is 0 Å². The lowest BCUT2D eigenvalue weighted by Gasteiger charge is -2.15. The van der Waals surface area contributed by atoms with Gasteiger partial charge in [-0.1, -0.05) is 42.0 Å². The first-order valence-electron chi connectivity index (χ1n) is 9.34. The Labute approximate surface area is 165 Å². The molecule has 5 heteroatoms. The van der Waals surface area contributed by atoms with E-state index in [1.54, 1.807) is 18.3 Å². The predicted octanol–water partition coefficient (Wildman–Crippen LogP) is 5.04. The molecule has 2 N–H and O–H groups in total. The summed E-state index contributed by atoms with van der Waals surface area (Å²) in [5, 5.41) is 6.18. The molecule has 0 aliphatic heterocycles. The topological polar surface area (TPSA) is 63.2 Å². The standard InChI is InChI=1S/C23H25N3O2/c1-16(2)28-21-7-5-4-6-20(21)26-23(27)19-12-13-24-22(14-19)25-15-18-10-8-17(3)9-11-18/h4-14,16H,15H2,1-3H3,(H,24,25)(H,26,27). The lowest BCUT2D eigenvalue weighted by Crippen LogP contribution is -2.15. The van der Waals surface area contributed by atoms with E-state index in [0.29, 0.717) is 29.4 Å². The number of rotatable bonds is 7. The normalized spacial score (nSPS) is 10.6. The molecule has 0 aliphatic carbocycles. The molecule has 3 rings (SSSR count). The molecule has 5 nitrogen and oxygen atoms in total. The summed E-state index contributed by atoms with van der Waals surface area (Å²) in [7, 11) is 0. The van der Waals surface area contributed by atoms with E-state index in [2.05, 4.69) is 46.8 Å². The van der Waals surface area contributed by atoms with Gasteiger partial charge in [-0.2, -0.15) is 0 Å². The number of anilines is 2. The molecule has 1 aromatic heterocycles. The number of nitrogens with zero attached hydrogens (tertiary/aromatic N) is 1. The number of aromatic nitrogens is 1. The first kappa shape index (κ1) is 19.4. The molecule has 0 unspecified atom stereocenters. The third kappa shape index (κ3) is 5.33. The molecule has 0 bridgehead atoms. The van der Waals surface area contributed by atoms with Crippen molar-refractivity contribution < 1.29 is 9.53 Å². The molecule has 0 radical (unpaired) electrons. The number of amides is 1. The van der Waals surface area contributed by atoms with Crippen LogP contribution >= 0.6 is 0 Å². The van der Waals surface area contributed by atoms with Gasteiger partial charge in [0.1, 0.15) is 11.6 Å². The Bertz CT molecular complexity index is 937. The van der Waals surface area contributed by atoms with Gasteiger partial charge >= 0.3 is 0 Å². The second kappa shape index (κ2) is 9.04. The van der Waals surface area contributed by atoms with Crippen LogP contribution < -0.4 is 15.4 Å². The number of nitrogens with one attached hydrogen (secondary N) is 2. The van der Waals surface area contributed by atoms with Crippen molar-refractivity contribution in [2.45, 2.75) is 33.4 Å². The van der Waals surface area contributed by atoms with Crippen LogP contribution in [0.1, 0.15) is 35.3 Å². The van der Waals surface area contributed by atoms with Crippen molar-refractivity contribution >= 4 is 17.4 Å². The lowest BCUT2D eigenvalue weighted by atomic mass is 10.1. The maximum atomic E-state index is 12.7. The highest BCUT2D eigenvalue weighted by Gasteiger charge is 2.11. The molecule has 2 aromatic carbocycles. The van der Waals surface area contributed by atoms with Crippen molar-refractivity contribution in [1.82, 2.24) is 4.98 Å². The highest BCUT2D eigenvalue weighted by molar-refractivity contribution is 6.05. The van der Waals surface area contributed by atoms with E-state index in [-0.39, 0.29) is 12.0 Å². The van der Waals surface area contributed by atoms with Gasteiger partial charge in [-0.15, -0.1) is 0 Å². The first-order chi connectivity index (χ1) is 13.5. The van der Waals surface area contributed by atoms with Crippen molar-refractivity contribution in [3.63, 3.8) is 0 Å². The number of benzene rings is 2. The Balaban J connectivity index is 1.68. The molecular weight excluding hydrogens is 350 g/mol. The van der Waals surface area contributed by atoms with Crippen LogP contribution in [0.15, 0.2) is 66.9 Å². The molecular formula is C23H25N3O2. The zero-order chi connectivity index (χ0) is 19.9. The van der Waals surface area contributed by atoms with E-state index in [0.717, 1.165) is 5.56 Å². The Morgan fingerprint density at radius 1 is 1.07 bits per heavy atom. The smallest absolute Gasteiger partial charge is 0.255 e. The molecule has 1 heterocycles. The van der Waals surface area contributed by atoms with Crippen LogP contribution in [0.5, 0.6) is 5.75 Å². The van der Waals surface area contributed by atoms with Gasteiger partial charge in [0.15, 0.2) is 0 Å². The van der Waals surface area contributed by atoms with Crippen molar-refractivity contribution in [3.8, 4) is 5.75 Å². The van der Waals surface area contributed by atoms with Gasteiger partial charge in [0.25, 0.3) is 5.91 Å². The number of ether oxygens (including phenoxy) is 1. The molecule has 0 spiro atoms. The summed E-state index contributed by atoms with van der Waals surface area (Å²) in [6.45, 7) is 6.61. The number of para-hydroxylation sites is 2. The number of hydrogen-bond acceptors (Lipinski definition) is 4. The Morgan fingerprint density at radius 2 is 1.82 bits per heavy atom. The molecule has 3 aromatic rings. The van der Waals surface area contributed by atoms with Gasteiger partial charge in [-0.05, 0) is 50.6 Å². The molecule has 144 valence electrons. The van der Waals surface area contributed by atoms with Crippen LogP contribution in [-0.2, 0) is 6.54 Å². The fraction of sp³-hybridized carbons (Fsp3) is 0.217. The largest absolute Gasteiger partial charge is 0.489 e. The van der Waals surface area contributed by atoms with Crippen LogP contribution in [0.3, 0.4) is 0 Å². The van der Waals surface area contributed by atoms with Crippen LogP contribution in [-0.4, -0.2) is 17.0 Å². The lowest BCUT2D eigenvalue weighted by molar-refractivity contribution is 0.102. The first-order valence-corrected chi connectivity index (χ1v) is 9.34. The summed E-state index contributed by atoms with van der Waals surface area (Å²) in [6, 6.07) is 19.2. The van der Waals surface area contributed by atoms with Crippen LogP contribution in [0, 0.1) is 6.92 Å². The SMILES string of the molecule is Cc1ccc(CNc2cc(C(=O)Nc3ccccc3OC(C)C)ccn2)cc1. The van der Waals surface area contributed by atoms with Crippen LogP contribution in [0.2, 0.25) is 0 Å². The maximum Gasteiger partial charge on any atom is 0.255 e. The summed E-state index contributed by atoms with van der Waals surface area (Å²) in [6.07, 6.45) is 1.65. The van der Waals surface area contributed by atoms with Gasteiger partial charge in [-0.25, -0.2) is 4.98 Å². The average Bonchev–Trinajstić information content (AvgIpc) is 2.69. The van der Waals surface area contributed by atoms with E-state index in [1.165, 1.54) is 5.56 Å². The molecule has 0 saturated carbocycles. The van der Waals surface area contributed by atoms with Gasteiger partial charge in [0.2, 0.25) is 0 Å². The minimum atomic E-state index is -0.208. The van der Waals surface area contributed by atoms with Crippen molar-refractivity contribution in [3.05, 3.63) is 83.6 Å². The second-order valence-corrected chi connectivity index (χ2v) is 6.89. The zero-order valence-corrected chi connectivity index (χ0v) is 16.4. The van der Waals surface area contributed by atoms with Gasteiger partial charge in [-0.3, -0.25) is 4.79 Å². The van der Waals surface area contributed by atoms with Gasteiger partial charge in [0, 0.05) is 18.3 Å². The van der Waals surface area contributed by atoms with Crippen LogP contribution in [0.4, 0.5) is 11.5 Å². The quantitative estimate of drug-likeness (QED) is 0.607. The number of carbonyl (C=O) groups is 1. The summed E-state index contributed by atoms with van der Waals surface area (Å²) in [4.78, 5) is 17.0. The highest BCUT2D eigenvalue weighted by atomic mass is 16.5. The number of carbonyl (C=O) groups excluding carboxylic acids is 1. The Hall–Kier alpha value is -3.34. The molecule has 0 atom stereocenters. The van der Waals surface area contributed by atoms with E-state index in [4.69, 9.17) is 4.74 Å². The average molecular weight is 375 g/mol. The summed E-state index contributed by atoms with van der Waals surface area (Å²) < 4.78 is 5.76. The Kier molecular flexibility index (Phi) is 6.27. The summed E-state index contributed by atoms with van der Waals surface area (Å²) in [5.41, 5.74) is 3.55. The minimum Gasteiger partial charge on any atom is -0.489 e. The number of pyridine rings is 1. The van der Waals surface area contributed by atoms with Crippen LogP contribution in [0.25, 0.3) is 0 Å². The van der Waals surface area contributed by atoms with Crippen molar-refractivity contribution in [2.24, 2.45) is 0 Å². The minimum absolute atomic E-state index is 0.0246. The third-order valence-corrected chi connectivity index (χ3v) is 4.11.